The standard InChI is InChI=1S/C104H64N2O2S2/c1-2-20-69-59-73(45-43-65(69)19-1)81-26-3-8-35-92(81)105(78-24-13-22-71(60-78)84-33-17-41-100-103(84)89-29-6-11-39-98(89)109-100)76-53-47-66(48-54-76)70-51-57-86-87-58-52-75(64-97(87)108-96(86)63-70)80-31-15-21-67-44-46-74(62-91(67)80)82-27-4-9-36-93(82)106(77-55-49-68(50-56-77)83-32-16-38-95-102(83)88-28-5-10-37-94(88)107-95)79-25-14-23-72(61-79)85-34-18-42-101-104(85)90-30-7-12-40-99(90)110-101/h1-64H. The monoisotopic (exact) mass is 1440 g/mol. The molecule has 0 aliphatic rings. The van der Waals surface area contributed by atoms with Gasteiger partial charge in [0.05, 0.1) is 11.4 Å². The Balaban J connectivity index is 0.615. The van der Waals surface area contributed by atoms with E-state index in [1.54, 1.807) is 0 Å². The van der Waals surface area contributed by atoms with Crippen molar-refractivity contribution in [1.29, 1.82) is 0 Å². The number of benzene rings is 18. The molecule has 0 fully saturated rings. The molecule has 0 saturated carbocycles. The highest BCUT2D eigenvalue weighted by Crippen LogP contribution is 2.50. The minimum atomic E-state index is 0.844. The van der Waals surface area contributed by atoms with Crippen LogP contribution in [0.1, 0.15) is 0 Å². The van der Waals surface area contributed by atoms with Crippen LogP contribution in [0.5, 0.6) is 0 Å². The highest BCUT2D eigenvalue weighted by atomic mass is 32.1. The molecule has 22 rings (SSSR count). The van der Waals surface area contributed by atoms with Crippen molar-refractivity contribution in [3.8, 4) is 77.9 Å². The summed E-state index contributed by atoms with van der Waals surface area (Å²) in [6.07, 6.45) is 0. The molecule has 0 spiro atoms. The molecule has 0 aliphatic heterocycles. The summed E-state index contributed by atoms with van der Waals surface area (Å²) in [5.74, 6) is 0. The first-order valence-electron chi connectivity index (χ1n) is 37.4. The van der Waals surface area contributed by atoms with Gasteiger partial charge in [-0.05, 0) is 222 Å². The Kier molecular flexibility index (Phi) is 15.0. The molecule has 0 N–H and O–H groups in total. The van der Waals surface area contributed by atoms with Crippen LogP contribution in [0.4, 0.5) is 34.1 Å². The highest BCUT2D eigenvalue weighted by molar-refractivity contribution is 7.26. The van der Waals surface area contributed by atoms with Crippen molar-refractivity contribution in [3.63, 3.8) is 0 Å². The summed E-state index contributed by atoms with van der Waals surface area (Å²) in [6.45, 7) is 0. The number of hydrogen-bond acceptors (Lipinski definition) is 6. The van der Waals surface area contributed by atoms with Crippen LogP contribution >= 0.6 is 22.7 Å². The van der Waals surface area contributed by atoms with Crippen molar-refractivity contribution >= 4 is 163 Å². The summed E-state index contributed by atoms with van der Waals surface area (Å²) in [4.78, 5) is 4.86. The quantitative estimate of drug-likeness (QED) is 0.115. The van der Waals surface area contributed by atoms with Gasteiger partial charge in [-0.25, -0.2) is 0 Å². The number of fused-ring (bicyclic) bond motifs is 14. The Morgan fingerprint density at radius 1 is 0.182 bits per heavy atom. The van der Waals surface area contributed by atoms with Crippen LogP contribution < -0.4 is 9.80 Å². The number of anilines is 6. The smallest absolute Gasteiger partial charge is 0.136 e. The summed E-state index contributed by atoms with van der Waals surface area (Å²) in [5, 5.41) is 14.3. The summed E-state index contributed by atoms with van der Waals surface area (Å²) in [6, 6.07) is 142. The maximum absolute atomic E-state index is 6.98. The van der Waals surface area contributed by atoms with Crippen molar-refractivity contribution in [2.45, 2.75) is 0 Å². The molecule has 0 bridgehead atoms. The minimum Gasteiger partial charge on any atom is -0.456 e. The molecule has 4 nitrogen and oxygen atoms in total. The molecule has 0 aliphatic carbocycles. The second kappa shape index (κ2) is 26.0. The Hall–Kier alpha value is -13.9. The minimum absolute atomic E-state index is 0.844. The number of nitrogens with zero attached hydrogens (tertiary/aromatic N) is 2. The van der Waals surface area contributed by atoms with E-state index in [1.807, 2.05) is 28.7 Å². The molecule has 0 atom stereocenters. The fraction of sp³-hybridized carbons (Fsp3) is 0. The van der Waals surface area contributed by atoms with Gasteiger partial charge in [0.2, 0.25) is 0 Å². The summed E-state index contributed by atoms with van der Waals surface area (Å²) < 4.78 is 18.5. The third-order valence-corrected chi connectivity index (χ3v) is 24.5. The van der Waals surface area contributed by atoms with E-state index in [0.29, 0.717) is 0 Å². The Labute approximate surface area is 642 Å². The molecule has 0 unspecified atom stereocenters. The lowest BCUT2D eigenvalue weighted by Gasteiger charge is -2.28. The predicted molar refractivity (Wildman–Crippen MR) is 469 cm³/mol. The maximum Gasteiger partial charge on any atom is 0.136 e. The third kappa shape index (κ3) is 10.7. The van der Waals surface area contributed by atoms with Gasteiger partial charge in [0.15, 0.2) is 0 Å². The Morgan fingerprint density at radius 2 is 0.591 bits per heavy atom. The first kappa shape index (κ1) is 63.4. The van der Waals surface area contributed by atoms with Crippen LogP contribution in [0.3, 0.4) is 0 Å². The van der Waals surface area contributed by atoms with Crippen LogP contribution in [0, 0.1) is 0 Å². The van der Waals surface area contributed by atoms with Crippen LogP contribution in [0.25, 0.3) is 184 Å². The lowest BCUT2D eigenvalue weighted by atomic mass is 9.93. The number of para-hydroxylation sites is 3. The predicted octanol–water partition coefficient (Wildman–Crippen LogP) is 31.1. The second-order valence-corrected chi connectivity index (χ2v) is 30.7. The van der Waals surface area contributed by atoms with E-state index in [2.05, 4.69) is 392 Å². The van der Waals surface area contributed by atoms with E-state index in [9.17, 15) is 0 Å². The molecular formula is C104H64N2O2S2. The molecule has 0 radical (unpaired) electrons. The van der Waals surface area contributed by atoms with Gasteiger partial charge in [-0.3, -0.25) is 0 Å². The van der Waals surface area contributed by atoms with E-state index >= 15 is 0 Å². The van der Waals surface area contributed by atoms with Gasteiger partial charge in [0.25, 0.3) is 0 Å². The van der Waals surface area contributed by atoms with Gasteiger partial charge in [-0.2, -0.15) is 0 Å². The summed E-state index contributed by atoms with van der Waals surface area (Å²) in [7, 11) is 0. The van der Waals surface area contributed by atoms with E-state index < -0.39 is 0 Å². The third-order valence-electron chi connectivity index (χ3n) is 22.3. The molecule has 514 valence electrons. The average molecular weight is 1440 g/mol. The van der Waals surface area contributed by atoms with E-state index in [4.69, 9.17) is 8.83 Å². The Morgan fingerprint density at radius 3 is 1.24 bits per heavy atom. The van der Waals surface area contributed by atoms with Crippen molar-refractivity contribution in [3.05, 3.63) is 388 Å². The van der Waals surface area contributed by atoms with Crippen LogP contribution in [0.2, 0.25) is 0 Å². The van der Waals surface area contributed by atoms with E-state index in [1.165, 1.54) is 67.8 Å². The van der Waals surface area contributed by atoms with E-state index in [-0.39, 0.29) is 0 Å². The lowest BCUT2D eigenvalue weighted by molar-refractivity contribution is 0.668. The fourth-order valence-corrected chi connectivity index (χ4v) is 19.4. The number of thiophene rings is 2. The zero-order chi connectivity index (χ0) is 72.3. The summed E-state index contributed by atoms with van der Waals surface area (Å²) in [5.41, 5.74) is 25.8. The number of rotatable bonds is 13. The molecule has 0 saturated heterocycles. The Bertz CT molecular complexity index is 7440. The van der Waals surface area contributed by atoms with Crippen molar-refractivity contribution in [2.75, 3.05) is 9.80 Å². The molecule has 4 heterocycles. The molecule has 0 amide bonds. The topological polar surface area (TPSA) is 32.8 Å². The van der Waals surface area contributed by atoms with Crippen molar-refractivity contribution in [1.82, 2.24) is 0 Å². The highest BCUT2D eigenvalue weighted by Gasteiger charge is 2.24. The van der Waals surface area contributed by atoms with Crippen molar-refractivity contribution in [2.24, 2.45) is 0 Å². The van der Waals surface area contributed by atoms with Gasteiger partial charge in [0, 0.05) is 95.8 Å². The fourth-order valence-electron chi connectivity index (χ4n) is 17.1. The van der Waals surface area contributed by atoms with Gasteiger partial charge in [-0.1, -0.05) is 255 Å². The van der Waals surface area contributed by atoms with E-state index in [0.717, 1.165) is 150 Å². The maximum atomic E-state index is 6.98. The van der Waals surface area contributed by atoms with Crippen LogP contribution in [-0.4, -0.2) is 0 Å². The van der Waals surface area contributed by atoms with Gasteiger partial charge in [-0.15, -0.1) is 22.7 Å². The van der Waals surface area contributed by atoms with Crippen molar-refractivity contribution < 1.29 is 8.83 Å². The first-order valence-corrected chi connectivity index (χ1v) is 39.0. The zero-order valence-corrected chi connectivity index (χ0v) is 61.1. The number of hydrogen-bond donors (Lipinski definition) is 0. The molecule has 6 heteroatoms. The lowest BCUT2D eigenvalue weighted by Crippen LogP contribution is -2.11. The molecule has 18 aromatic carbocycles. The first-order chi connectivity index (χ1) is 54.5. The molecule has 4 aromatic heterocycles. The summed E-state index contributed by atoms with van der Waals surface area (Å²) >= 11 is 3.71. The molecule has 22 aromatic rings. The largest absolute Gasteiger partial charge is 0.456 e. The zero-order valence-electron chi connectivity index (χ0n) is 59.5. The molecular weight excluding hydrogens is 1370 g/mol. The number of furan rings is 2. The van der Waals surface area contributed by atoms with Crippen LogP contribution in [-0.2, 0) is 0 Å². The van der Waals surface area contributed by atoms with Gasteiger partial charge < -0.3 is 18.6 Å². The average Bonchev–Trinajstić information content (AvgIpc) is 1.65. The van der Waals surface area contributed by atoms with Gasteiger partial charge in [0.1, 0.15) is 22.3 Å². The normalized spacial score (nSPS) is 11.8. The van der Waals surface area contributed by atoms with Gasteiger partial charge >= 0.3 is 0 Å². The second-order valence-electron chi connectivity index (χ2n) is 28.6. The molecule has 110 heavy (non-hydrogen) atoms. The van der Waals surface area contributed by atoms with Crippen LogP contribution in [0.15, 0.2) is 397 Å². The SMILES string of the molecule is c1cc(-c2cccc3sc4ccccc4c23)cc(N(c2ccc(-c3ccc4c(c3)oc3cc(-c5cccc6ccc(-c7ccccc7N(c7ccc(-c8cccc9oc%10ccccc%10c89)cc7)c7cccc(-c8cccc9sc%10ccccc%10c89)c7)cc56)ccc34)cc2)c2ccccc2-c2ccc3ccccc3c2)c1.